The first-order chi connectivity index (χ1) is 15.4. The molecule has 0 aliphatic rings. The van der Waals surface area contributed by atoms with Crippen LogP contribution in [0.1, 0.15) is 27.2 Å². The predicted molar refractivity (Wildman–Crippen MR) is 117 cm³/mol. The van der Waals surface area contributed by atoms with Crippen molar-refractivity contribution in [1.29, 1.82) is 0 Å². The molecule has 0 fully saturated rings. The van der Waals surface area contributed by atoms with Crippen molar-refractivity contribution in [3.05, 3.63) is 86.3 Å². The van der Waals surface area contributed by atoms with Gasteiger partial charge >= 0.3 is 6.18 Å². The zero-order valence-corrected chi connectivity index (χ0v) is 18.2. The number of nitrogens with one attached hydrogen (secondary N) is 2. The number of hydrogen-bond donors (Lipinski definition) is 2. The van der Waals surface area contributed by atoms with E-state index in [2.05, 4.69) is 15.7 Å². The van der Waals surface area contributed by atoms with Crippen molar-refractivity contribution >= 4 is 34.8 Å². The molecule has 2 N–H and O–H groups in total. The first kappa shape index (κ1) is 24.0. The number of amides is 2. The molecule has 2 amide bonds. The van der Waals surface area contributed by atoms with Crippen LogP contribution in [0.25, 0.3) is 0 Å². The maximum atomic E-state index is 12.9. The van der Waals surface area contributed by atoms with E-state index in [1.54, 1.807) is 12.1 Å². The minimum Gasteiger partial charge on any atom is -0.323 e. The summed E-state index contributed by atoms with van der Waals surface area (Å²) in [5, 5.41) is 8.65. The number of carbonyl (C=O) groups is 2. The Kier molecular flexibility index (Phi) is 6.87. The third-order valence-corrected chi connectivity index (χ3v) is 5.05. The number of aryl methyl sites for hydroxylation is 2. The van der Waals surface area contributed by atoms with E-state index in [9.17, 15) is 27.6 Å². The van der Waals surface area contributed by atoms with Crippen LogP contribution in [0.4, 0.5) is 24.5 Å². The van der Waals surface area contributed by atoms with Crippen LogP contribution in [0.2, 0.25) is 5.02 Å². The van der Waals surface area contributed by atoms with Crippen LogP contribution in [0.15, 0.2) is 53.3 Å². The second kappa shape index (κ2) is 9.45. The molecule has 0 unspecified atom stereocenters. The van der Waals surface area contributed by atoms with Gasteiger partial charge in [0.05, 0.1) is 16.3 Å². The van der Waals surface area contributed by atoms with Gasteiger partial charge in [-0.15, -0.1) is 0 Å². The van der Waals surface area contributed by atoms with Crippen molar-refractivity contribution in [2.45, 2.75) is 26.6 Å². The molecule has 3 rings (SSSR count). The number of aromatic nitrogens is 2. The first-order valence-corrected chi connectivity index (χ1v) is 9.95. The van der Waals surface area contributed by atoms with Crippen LogP contribution in [0, 0.1) is 13.8 Å². The van der Waals surface area contributed by atoms with Gasteiger partial charge in [-0.05, 0) is 61.4 Å². The zero-order chi connectivity index (χ0) is 24.3. The van der Waals surface area contributed by atoms with Crippen LogP contribution in [-0.4, -0.2) is 21.6 Å². The SMILES string of the molecule is Cc1ccc(NC(=O)c2ccc(=O)n(CC(=O)Nc3cc(C(F)(F)F)ccc3Cl)n2)cc1C. The van der Waals surface area contributed by atoms with Crippen molar-refractivity contribution in [1.82, 2.24) is 9.78 Å². The average Bonchev–Trinajstić information content (AvgIpc) is 2.73. The minimum atomic E-state index is -4.62. The van der Waals surface area contributed by atoms with Gasteiger partial charge in [0, 0.05) is 11.8 Å². The molecule has 172 valence electrons. The summed E-state index contributed by atoms with van der Waals surface area (Å²) >= 11 is 5.87. The number of alkyl halides is 3. The highest BCUT2D eigenvalue weighted by Gasteiger charge is 2.31. The van der Waals surface area contributed by atoms with E-state index in [0.717, 1.165) is 34.0 Å². The molecule has 0 saturated carbocycles. The Morgan fingerprint density at radius 3 is 2.39 bits per heavy atom. The van der Waals surface area contributed by atoms with Gasteiger partial charge in [0.2, 0.25) is 5.91 Å². The first-order valence-electron chi connectivity index (χ1n) is 9.57. The van der Waals surface area contributed by atoms with Crippen molar-refractivity contribution in [2.24, 2.45) is 0 Å². The van der Waals surface area contributed by atoms with Gasteiger partial charge in [-0.1, -0.05) is 17.7 Å². The number of halogens is 4. The molecule has 1 heterocycles. The van der Waals surface area contributed by atoms with Gasteiger partial charge < -0.3 is 10.6 Å². The maximum absolute atomic E-state index is 12.9. The predicted octanol–water partition coefficient (Wildman–Crippen LogP) is 4.42. The molecular weight excluding hydrogens is 461 g/mol. The van der Waals surface area contributed by atoms with Crippen LogP contribution < -0.4 is 16.2 Å². The Morgan fingerprint density at radius 2 is 1.73 bits per heavy atom. The van der Waals surface area contributed by atoms with Crippen LogP contribution >= 0.6 is 11.6 Å². The van der Waals surface area contributed by atoms with E-state index < -0.39 is 35.7 Å². The Hall–Kier alpha value is -3.66. The smallest absolute Gasteiger partial charge is 0.323 e. The number of hydrogen-bond acceptors (Lipinski definition) is 4. The van der Waals surface area contributed by atoms with E-state index in [0.29, 0.717) is 11.8 Å². The summed E-state index contributed by atoms with van der Waals surface area (Å²) in [6.07, 6.45) is -4.62. The summed E-state index contributed by atoms with van der Waals surface area (Å²) in [4.78, 5) is 36.9. The Bertz CT molecular complexity index is 1290. The summed E-state index contributed by atoms with van der Waals surface area (Å²) in [6.45, 7) is 3.17. The molecule has 2 aromatic carbocycles. The quantitative estimate of drug-likeness (QED) is 0.567. The fourth-order valence-corrected chi connectivity index (χ4v) is 2.99. The van der Waals surface area contributed by atoms with E-state index in [-0.39, 0.29) is 16.4 Å². The van der Waals surface area contributed by atoms with Gasteiger partial charge in [0.25, 0.3) is 11.5 Å². The number of anilines is 2. The molecule has 0 aliphatic heterocycles. The van der Waals surface area contributed by atoms with E-state index in [1.165, 1.54) is 6.07 Å². The third-order valence-electron chi connectivity index (χ3n) is 4.73. The zero-order valence-electron chi connectivity index (χ0n) is 17.5. The lowest BCUT2D eigenvalue weighted by Crippen LogP contribution is -2.31. The molecule has 0 spiro atoms. The molecule has 0 atom stereocenters. The molecule has 1 aromatic heterocycles. The molecule has 0 bridgehead atoms. The van der Waals surface area contributed by atoms with Crippen LogP contribution in [-0.2, 0) is 17.5 Å². The normalized spacial score (nSPS) is 11.2. The lowest BCUT2D eigenvalue weighted by Gasteiger charge is -2.12. The highest BCUT2D eigenvalue weighted by molar-refractivity contribution is 6.33. The highest BCUT2D eigenvalue weighted by atomic mass is 35.5. The van der Waals surface area contributed by atoms with Gasteiger partial charge in [0.1, 0.15) is 12.2 Å². The minimum absolute atomic E-state index is 0.113. The molecule has 33 heavy (non-hydrogen) atoms. The van der Waals surface area contributed by atoms with Crippen molar-refractivity contribution in [3.63, 3.8) is 0 Å². The summed E-state index contributed by atoms with van der Waals surface area (Å²) < 4.78 is 39.4. The van der Waals surface area contributed by atoms with Gasteiger partial charge in [-0.3, -0.25) is 14.4 Å². The van der Waals surface area contributed by atoms with E-state index in [1.807, 2.05) is 19.9 Å². The average molecular weight is 479 g/mol. The second-order valence-corrected chi connectivity index (χ2v) is 7.62. The Labute approximate surface area is 191 Å². The molecule has 0 aliphatic carbocycles. The highest BCUT2D eigenvalue weighted by Crippen LogP contribution is 2.33. The summed E-state index contributed by atoms with van der Waals surface area (Å²) in [6, 6.07) is 10.1. The Morgan fingerprint density at radius 1 is 1.00 bits per heavy atom. The lowest BCUT2D eigenvalue weighted by molar-refractivity contribution is -0.137. The van der Waals surface area contributed by atoms with Crippen molar-refractivity contribution in [2.75, 3.05) is 10.6 Å². The lowest BCUT2D eigenvalue weighted by atomic mass is 10.1. The number of carbonyl (C=O) groups excluding carboxylic acids is 2. The molecule has 3 aromatic rings. The van der Waals surface area contributed by atoms with Gasteiger partial charge in [-0.2, -0.15) is 18.3 Å². The Balaban J connectivity index is 1.76. The molecule has 11 heteroatoms. The van der Waals surface area contributed by atoms with Crippen LogP contribution in [0.5, 0.6) is 0 Å². The van der Waals surface area contributed by atoms with E-state index in [4.69, 9.17) is 11.6 Å². The molecule has 0 radical (unpaired) electrons. The summed E-state index contributed by atoms with van der Waals surface area (Å²) in [5.74, 6) is -1.45. The number of benzene rings is 2. The van der Waals surface area contributed by atoms with Crippen LogP contribution in [0.3, 0.4) is 0 Å². The maximum Gasteiger partial charge on any atom is 0.416 e. The molecule has 0 saturated heterocycles. The fraction of sp³-hybridized carbons (Fsp3) is 0.182. The van der Waals surface area contributed by atoms with Crippen molar-refractivity contribution < 1.29 is 22.8 Å². The summed E-state index contributed by atoms with van der Waals surface area (Å²) in [5.41, 5.74) is 0.471. The standard InChI is InChI=1S/C22H18ClF3N4O3/c1-12-3-5-15(9-13(12)2)27-21(33)17-7-8-20(32)30(29-17)11-19(31)28-18-10-14(22(24,25)26)4-6-16(18)23/h3-10H,11H2,1-2H3,(H,27,33)(H,28,31). The number of rotatable bonds is 5. The largest absolute Gasteiger partial charge is 0.416 e. The third kappa shape index (κ3) is 5.98. The second-order valence-electron chi connectivity index (χ2n) is 7.21. The summed E-state index contributed by atoms with van der Waals surface area (Å²) in [7, 11) is 0. The molecule has 7 nitrogen and oxygen atoms in total. The van der Waals surface area contributed by atoms with Gasteiger partial charge in [-0.25, -0.2) is 4.68 Å². The van der Waals surface area contributed by atoms with E-state index >= 15 is 0 Å². The van der Waals surface area contributed by atoms with Crippen molar-refractivity contribution in [3.8, 4) is 0 Å². The van der Waals surface area contributed by atoms with Gasteiger partial charge in [0.15, 0.2) is 0 Å². The molecular formula is C22H18ClF3N4O3. The topological polar surface area (TPSA) is 93.1 Å². The fourth-order valence-electron chi connectivity index (χ4n) is 2.82. The number of nitrogens with zero attached hydrogens (tertiary/aromatic N) is 2. The monoisotopic (exact) mass is 478 g/mol.